The van der Waals surface area contributed by atoms with Crippen LogP contribution in [0.5, 0.6) is 0 Å². The first-order chi connectivity index (χ1) is 12.5. The molecule has 1 unspecified atom stereocenters. The first kappa shape index (κ1) is 20.0. The third kappa shape index (κ3) is 6.19. The van der Waals surface area contributed by atoms with Crippen molar-refractivity contribution >= 4 is 17.8 Å². The first-order valence-electron chi connectivity index (χ1n) is 9.15. The Hall–Kier alpha value is -2.33. The SMILES string of the molecule is C#CC(CC(=O)O)NC(=O)[C@@H]1CCCN(C(=O)/C=C\C2CCNCC2)C1. The van der Waals surface area contributed by atoms with Crippen molar-refractivity contribution in [1.82, 2.24) is 15.5 Å². The maximum Gasteiger partial charge on any atom is 0.306 e. The zero-order valence-corrected chi connectivity index (χ0v) is 14.9. The molecule has 0 aromatic heterocycles. The highest BCUT2D eigenvalue weighted by atomic mass is 16.4. The number of terminal acetylenes is 1. The molecular formula is C19H27N3O4. The van der Waals surface area contributed by atoms with Crippen molar-refractivity contribution in [3.8, 4) is 12.3 Å². The second-order valence-corrected chi connectivity index (χ2v) is 6.90. The summed E-state index contributed by atoms with van der Waals surface area (Å²) in [4.78, 5) is 37.2. The molecule has 0 aliphatic carbocycles. The Bertz CT molecular complexity index is 590. The van der Waals surface area contributed by atoms with Crippen molar-refractivity contribution in [2.24, 2.45) is 11.8 Å². The van der Waals surface area contributed by atoms with Gasteiger partial charge in [-0.2, -0.15) is 0 Å². The van der Waals surface area contributed by atoms with E-state index in [-0.39, 0.29) is 24.2 Å². The number of nitrogens with one attached hydrogen (secondary N) is 2. The van der Waals surface area contributed by atoms with E-state index in [0.29, 0.717) is 25.4 Å². The summed E-state index contributed by atoms with van der Waals surface area (Å²) in [5.41, 5.74) is 0. The topological polar surface area (TPSA) is 98.7 Å². The van der Waals surface area contributed by atoms with Crippen LogP contribution in [0.15, 0.2) is 12.2 Å². The van der Waals surface area contributed by atoms with E-state index in [1.807, 2.05) is 6.08 Å². The van der Waals surface area contributed by atoms with Crippen molar-refractivity contribution in [2.45, 2.75) is 38.1 Å². The maximum atomic E-state index is 12.4. The van der Waals surface area contributed by atoms with E-state index in [1.165, 1.54) is 0 Å². The van der Waals surface area contributed by atoms with Crippen molar-refractivity contribution in [3.05, 3.63) is 12.2 Å². The van der Waals surface area contributed by atoms with E-state index in [9.17, 15) is 14.4 Å². The minimum atomic E-state index is -1.06. The van der Waals surface area contributed by atoms with E-state index >= 15 is 0 Å². The Labute approximate surface area is 154 Å². The van der Waals surface area contributed by atoms with Gasteiger partial charge in [0.1, 0.15) is 6.04 Å². The number of carboxylic acid groups (broad SMARTS) is 1. The molecule has 3 N–H and O–H groups in total. The minimum absolute atomic E-state index is 0.0694. The second kappa shape index (κ2) is 9.97. The van der Waals surface area contributed by atoms with Crippen LogP contribution < -0.4 is 10.6 Å². The van der Waals surface area contributed by atoms with Gasteiger partial charge in [-0.05, 0) is 50.8 Å². The number of carbonyl (C=O) groups excluding carboxylic acids is 2. The number of allylic oxidation sites excluding steroid dienone is 1. The van der Waals surface area contributed by atoms with E-state index < -0.39 is 12.0 Å². The van der Waals surface area contributed by atoms with Gasteiger partial charge in [0.2, 0.25) is 11.8 Å². The number of hydrogen-bond donors (Lipinski definition) is 3. The van der Waals surface area contributed by atoms with Crippen LogP contribution in [0.2, 0.25) is 0 Å². The third-order valence-electron chi connectivity index (χ3n) is 4.90. The summed E-state index contributed by atoms with van der Waals surface area (Å²) in [7, 11) is 0. The molecule has 2 atom stereocenters. The molecule has 0 bridgehead atoms. The fraction of sp³-hybridized carbons (Fsp3) is 0.632. The number of amides is 2. The Morgan fingerprint density at radius 3 is 2.69 bits per heavy atom. The van der Waals surface area contributed by atoms with Crippen molar-refractivity contribution in [3.63, 3.8) is 0 Å². The smallest absolute Gasteiger partial charge is 0.306 e. The van der Waals surface area contributed by atoms with Gasteiger partial charge in [-0.25, -0.2) is 0 Å². The van der Waals surface area contributed by atoms with Gasteiger partial charge in [-0.1, -0.05) is 12.0 Å². The van der Waals surface area contributed by atoms with Crippen molar-refractivity contribution in [2.75, 3.05) is 26.2 Å². The number of aliphatic carboxylic acids is 1. The summed E-state index contributed by atoms with van der Waals surface area (Å²) in [6, 6.07) is -0.828. The molecule has 2 rings (SSSR count). The van der Waals surface area contributed by atoms with Crippen LogP contribution in [-0.2, 0) is 14.4 Å². The van der Waals surface area contributed by atoms with Gasteiger partial charge >= 0.3 is 5.97 Å². The quantitative estimate of drug-likeness (QED) is 0.469. The monoisotopic (exact) mass is 361 g/mol. The van der Waals surface area contributed by atoms with Gasteiger partial charge in [-0.15, -0.1) is 6.42 Å². The number of hydrogen-bond acceptors (Lipinski definition) is 4. The highest BCUT2D eigenvalue weighted by molar-refractivity contribution is 5.88. The molecule has 2 fully saturated rings. The first-order valence-corrected chi connectivity index (χ1v) is 9.15. The number of nitrogens with zero attached hydrogens (tertiary/aromatic N) is 1. The number of likely N-dealkylation sites (tertiary alicyclic amines) is 1. The summed E-state index contributed by atoms with van der Waals surface area (Å²) >= 11 is 0. The number of rotatable bonds is 6. The molecule has 2 aliphatic rings. The normalized spacial score (nSPS) is 22.6. The maximum absolute atomic E-state index is 12.4. The summed E-state index contributed by atoms with van der Waals surface area (Å²) in [6.07, 6.45) is 12.1. The molecule has 0 radical (unpaired) electrons. The number of carbonyl (C=O) groups is 3. The number of carboxylic acids is 1. The molecule has 2 aliphatic heterocycles. The lowest BCUT2D eigenvalue weighted by Crippen LogP contribution is -2.47. The Kier molecular flexibility index (Phi) is 7.67. The van der Waals surface area contributed by atoms with Gasteiger partial charge in [0, 0.05) is 13.1 Å². The highest BCUT2D eigenvalue weighted by Crippen LogP contribution is 2.18. The molecular weight excluding hydrogens is 334 g/mol. The van der Waals surface area contributed by atoms with E-state index in [1.54, 1.807) is 11.0 Å². The van der Waals surface area contributed by atoms with E-state index in [0.717, 1.165) is 32.4 Å². The summed E-state index contributed by atoms with van der Waals surface area (Å²) in [6.45, 7) is 2.92. The molecule has 2 heterocycles. The van der Waals surface area contributed by atoms with Gasteiger partial charge in [0.25, 0.3) is 0 Å². The Morgan fingerprint density at radius 2 is 2.04 bits per heavy atom. The summed E-state index contributed by atoms with van der Waals surface area (Å²) < 4.78 is 0. The standard InChI is InChI=1S/C19H27N3O4/c1-2-16(12-18(24)25)21-19(26)15-4-3-11-22(13-15)17(23)6-5-14-7-9-20-10-8-14/h1,5-6,14-16,20H,3-4,7-13H2,(H,21,26)(H,24,25)/b6-5-/t15-,16?/m1/s1. The zero-order chi connectivity index (χ0) is 18.9. The van der Waals surface area contributed by atoms with Crippen molar-refractivity contribution in [1.29, 1.82) is 0 Å². The van der Waals surface area contributed by atoms with Crippen LogP contribution in [0.1, 0.15) is 32.1 Å². The Balaban J connectivity index is 1.86. The van der Waals surface area contributed by atoms with Crippen LogP contribution in [0.3, 0.4) is 0 Å². The summed E-state index contributed by atoms with van der Waals surface area (Å²) in [5.74, 6) is 0.944. The van der Waals surface area contributed by atoms with Crippen LogP contribution in [0.4, 0.5) is 0 Å². The molecule has 7 nitrogen and oxygen atoms in total. The zero-order valence-electron chi connectivity index (χ0n) is 14.9. The van der Waals surface area contributed by atoms with Crippen LogP contribution in [0.25, 0.3) is 0 Å². The van der Waals surface area contributed by atoms with Gasteiger partial charge in [0.05, 0.1) is 12.3 Å². The third-order valence-corrected chi connectivity index (χ3v) is 4.90. The fourth-order valence-electron chi connectivity index (χ4n) is 3.37. The average molecular weight is 361 g/mol. The predicted octanol–water partition coefficient (Wildman–Crippen LogP) is 0.374. The van der Waals surface area contributed by atoms with Gasteiger partial charge in [-0.3, -0.25) is 14.4 Å². The second-order valence-electron chi connectivity index (χ2n) is 6.90. The Morgan fingerprint density at radius 1 is 1.31 bits per heavy atom. The van der Waals surface area contributed by atoms with Gasteiger partial charge in [0.15, 0.2) is 0 Å². The van der Waals surface area contributed by atoms with E-state index in [2.05, 4.69) is 16.6 Å². The molecule has 0 saturated carbocycles. The highest BCUT2D eigenvalue weighted by Gasteiger charge is 2.29. The predicted molar refractivity (Wildman–Crippen MR) is 97.1 cm³/mol. The molecule has 2 saturated heterocycles. The van der Waals surface area contributed by atoms with Crippen LogP contribution in [-0.4, -0.2) is 60.0 Å². The van der Waals surface area contributed by atoms with Gasteiger partial charge < -0.3 is 20.6 Å². The molecule has 2 amide bonds. The fourth-order valence-corrected chi connectivity index (χ4v) is 3.37. The van der Waals surface area contributed by atoms with Crippen LogP contribution in [0, 0.1) is 24.2 Å². The average Bonchev–Trinajstić information content (AvgIpc) is 2.66. The molecule has 0 aromatic carbocycles. The summed E-state index contributed by atoms with van der Waals surface area (Å²) in [5, 5.41) is 14.7. The molecule has 142 valence electrons. The number of piperidine rings is 2. The molecule has 26 heavy (non-hydrogen) atoms. The minimum Gasteiger partial charge on any atom is -0.481 e. The van der Waals surface area contributed by atoms with Crippen LogP contribution >= 0.6 is 0 Å². The van der Waals surface area contributed by atoms with Crippen molar-refractivity contribution < 1.29 is 19.5 Å². The lowest BCUT2D eigenvalue weighted by molar-refractivity contribution is -0.137. The van der Waals surface area contributed by atoms with E-state index in [4.69, 9.17) is 11.5 Å². The lowest BCUT2D eigenvalue weighted by atomic mass is 9.95. The molecule has 0 aromatic rings. The largest absolute Gasteiger partial charge is 0.481 e. The molecule has 7 heteroatoms. The lowest BCUT2D eigenvalue weighted by Gasteiger charge is -2.32. The molecule has 0 spiro atoms.